The molecule has 2 fully saturated rings. The van der Waals surface area contributed by atoms with Crippen LogP contribution in [-0.4, -0.2) is 84.3 Å². The highest BCUT2D eigenvalue weighted by atomic mass is 16.5. The highest BCUT2D eigenvalue weighted by molar-refractivity contribution is 6.46. The van der Waals surface area contributed by atoms with Crippen LogP contribution < -0.4 is 9.47 Å². The lowest BCUT2D eigenvalue weighted by molar-refractivity contribution is -0.140. The van der Waals surface area contributed by atoms with E-state index in [0.717, 1.165) is 18.7 Å². The molecule has 1 amide bonds. The summed E-state index contributed by atoms with van der Waals surface area (Å²) in [5.41, 5.74) is 1.75. The van der Waals surface area contributed by atoms with Crippen LogP contribution in [0.25, 0.3) is 5.76 Å². The zero-order chi connectivity index (χ0) is 26.7. The van der Waals surface area contributed by atoms with Crippen molar-refractivity contribution in [3.05, 3.63) is 58.7 Å². The molecule has 0 aromatic heterocycles. The summed E-state index contributed by atoms with van der Waals surface area (Å²) in [6.45, 7) is 9.28. The van der Waals surface area contributed by atoms with Gasteiger partial charge >= 0.3 is 0 Å². The van der Waals surface area contributed by atoms with Gasteiger partial charge in [-0.2, -0.15) is 0 Å². The normalized spacial score (nSPS) is 20.0. The van der Waals surface area contributed by atoms with Gasteiger partial charge in [0, 0.05) is 31.7 Å². The van der Waals surface area contributed by atoms with Gasteiger partial charge in [0.05, 0.1) is 38.0 Å². The van der Waals surface area contributed by atoms with E-state index >= 15 is 0 Å². The fourth-order valence-corrected chi connectivity index (χ4v) is 4.73. The number of carbonyl (C=O) groups excluding carboxylic acids is 2. The number of phenols is 1. The van der Waals surface area contributed by atoms with Crippen LogP contribution in [0, 0.1) is 6.92 Å². The number of nitrogens with zero attached hydrogens (tertiary/aromatic N) is 2. The molecule has 1 atom stereocenters. The van der Waals surface area contributed by atoms with Crippen LogP contribution in [-0.2, 0) is 14.3 Å². The summed E-state index contributed by atoms with van der Waals surface area (Å²) in [4.78, 5) is 30.3. The minimum atomic E-state index is -0.845. The molecule has 2 N–H and O–H groups in total. The molecule has 2 saturated heterocycles. The first-order valence-corrected chi connectivity index (χ1v) is 12.4. The molecule has 9 nitrogen and oxygen atoms in total. The Labute approximate surface area is 216 Å². The van der Waals surface area contributed by atoms with E-state index < -0.39 is 17.7 Å². The predicted octanol–water partition coefficient (Wildman–Crippen LogP) is 3.25. The molecule has 2 aromatic rings. The number of ketones is 1. The maximum absolute atomic E-state index is 13.3. The van der Waals surface area contributed by atoms with Crippen LogP contribution in [0.4, 0.5) is 0 Å². The van der Waals surface area contributed by atoms with Crippen molar-refractivity contribution in [3.63, 3.8) is 0 Å². The third kappa shape index (κ3) is 5.57. The summed E-state index contributed by atoms with van der Waals surface area (Å²) >= 11 is 0. The molecular formula is C28H34N2O7. The van der Waals surface area contributed by atoms with Crippen molar-refractivity contribution in [2.24, 2.45) is 0 Å². The number of hydrogen-bond acceptors (Lipinski definition) is 8. The standard InChI is InChI=1S/C28H34N2O7/c1-17(2)37-22-8-6-20(15-18(22)3)26(32)24-25(19-5-7-21(31)23(16-19)35-4)30(28(34)27(24)33)10-9-29-11-13-36-14-12-29/h5-8,15-17,25,31-32H,9-14H2,1-4H3/b26-24+/t25-/m1/s1. The highest BCUT2D eigenvalue weighted by Gasteiger charge is 2.46. The number of aliphatic hydroxyl groups is 1. The minimum Gasteiger partial charge on any atom is -0.507 e. The number of hydrogen-bond donors (Lipinski definition) is 2. The third-order valence-electron chi connectivity index (χ3n) is 6.63. The Hall–Kier alpha value is -3.56. The number of benzene rings is 2. The van der Waals surface area contributed by atoms with E-state index in [4.69, 9.17) is 14.2 Å². The van der Waals surface area contributed by atoms with Crippen LogP contribution in [0.5, 0.6) is 17.2 Å². The average molecular weight is 511 g/mol. The van der Waals surface area contributed by atoms with Gasteiger partial charge in [-0.15, -0.1) is 0 Å². The van der Waals surface area contributed by atoms with Gasteiger partial charge in [0.1, 0.15) is 11.5 Å². The number of amides is 1. The van der Waals surface area contributed by atoms with Crippen LogP contribution in [0.15, 0.2) is 42.0 Å². The molecule has 0 saturated carbocycles. The van der Waals surface area contributed by atoms with Crippen molar-refractivity contribution in [1.29, 1.82) is 0 Å². The first-order chi connectivity index (χ1) is 17.7. The average Bonchev–Trinajstić information content (AvgIpc) is 3.13. The van der Waals surface area contributed by atoms with Crippen molar-refractivity contribution >= 4 is 17.4 Å². The van der Waals surface area contributed by atoms with Crippen molar-refractivity contribution in [2.45, 2.75) is 32.9 Å². The van der Waals surface area contributed by atoms with Crippen molar-refractivity contribution < 1.29 is 34.0 Å². The Kier molecular flexibility index (Phi) is 8.04. The number of rotatable bonds is 8. The maximum atomic E-state index is 13.3. The zero-order valence-corrected chi connectivity index (χ0v) is 21.7. The van der Waals surface area contributed by atoms with Crippen molar-refractivity contribution in [2.75, 3.05) is 46.5 Å². The smallest absolute Gasteiger partial charge is 0.295 e. The van der Waals surface area contributed by atoms with Gasteiger partial charge in [-0.25, -0.2) is 0 Å². The molecule has 0 spiro atoms. The van der Waals surface area contributed by atoms with Gasteiger partial charge in [0.25, 0.3) is 11.7 Å². The van der Waals surface area contributed by atoms with Gasteiger partial charge in [0.2, 0.25) is 0 Å². The number of morpholine rings is 1. The second-order valence-electron chi connectivity index (χ2n) is 9.52. The number of likely N-dealkylation sites (tertiary alicyclic amines) is 1. The molecule has 198 valence electrons. The number of ether oxygens (including phenoxy) is 3. The third-order valence-corrected chi connectivity index (χ3v) is 6.63. The first kappa shape index (κ1) is 26.5. The van der Waals surface area contributed by atoms with Crippen LogP contribution in [0.3, 0.4) is 0 Å². The summed E-state index contributed by atoms with van der Waals surface area (Å²) in [5, 5.41) is 21.5. The molecule has 2 aliphatic rings. The number of Topliss-reactive ketones (excluding diaryl/α,β-unsaturated/α-hetero) is 1. The number of aryl methyl sites for hydroxylation is 1. The molecule has 2 aliphatic heterocycles. The fraction of sp³-hybridized carbons (Fsp3) is 0.429. The number of carbonyl (C=O) groups is 2. The molecule has 4 rings (SSSR count). The predicted molar refractivity (Wildman–Crippen MR) is 138 cm³/mol. The van der Waals surface area contributed by atoms with Crippen LogP contribution in [0.2, 0.25) is 0 Å². The van der Waals surface area contributed by atoms with Gasteiger partial charge in [-0.3, -0.25) is 14.5 Å². The Bertz CT molecular complexity index is 1200. The van der Waals surface area contributed by atoms with E-state index in [-0.39, 0.29) is 35.5 Å². The van der Waals surface area contributed by atoms with E-state index in [1.54, 1.807) is 30.3 Å². The fourth-order valence-electron chi connectivity index (χ4n) is 4.73. The SMILES string of the molecule is COc1cc([C@@H]2/C(=C(\O)c3ccc(OC(C)C)c(C)c3)C(=O)C(=O)N2CCN2CCOCC2)ccc1O. The Morgan fingerprint density at radius 3 is 2.46 bits per heavy atom. The molecule has 0 unspecified atom stereocenters. The molecular weight excluding hydrogens is 476 g/mol. The van der Waals surface area contributed by atoms with E-state index in [1.807, 2.05) is 20.8 Å². The largest absolute Gasteiger partial charge is 0.507 e. The van der Waals surface area contributed by atoms with Gasteiger partial charge < -0.3 is 29.3 Å². The van der Waals surface area contributed by atoms with Crippen molar-refractivity contribution in [1.82, 2.24) is 9.80 Å². The second-order valence-corrected chi connectivity index (χ2v) is 9.52. The number of methoxy groups -OCH3 is 1. The van der Waals surface area contributed by atoms with E-state index in [0.29, 0.717) is 36.6 Å². The van der Waals surface area contributed by atoms with Crippen LogP contribution in [0.1, 0.15) is 36.6 Å². The lowest BCUT2D eigenvalue weighted by Gasteiger charge is -2.31. The quantitative estimate of drug-likeness (QED) is 0.317. The summed E-state index contributed by atoms with van der Waals surface area (Å²) in [6.07, 6.45) is -0.0144. The van der Waals surface area contributed by atoms with E-state index in [1.165, 1.54) is 18.1 Å². The van der Waals surface area contributed by atoms with E-state index in [9.17, 15) is 19.8 Å². The monoisotopic (exact) mass is 510 g/mol. The van der Waals surface area contributed by atoms with Gasteiger partial charge in [0.15, 0.2) is 11.5 Å². The van der Waals surface area contributed by atoms with E-state index in [2.05, 4.69) is 4.90 Å². The summed E-state index contributed by atoms with van der Waals surface area (Å²) in [5.74, 6) is -0.865. The lowest BCUT2D eigenvalue weighted by Crippen LogP contribution is -2.42. The molecule has 9 heteroatoms. The van der Waals surface area contributed by atoms with Gasteiger partial charge in [-0.1, -0.05) is 6.07 Å². The zero-order valence-electron chi connectivity index (χ0n) is 21.7. The molecule has 2 aromatic carbocycles. The summed E-state index contributed by atoms with van der Waals surface area (Å²) in [7, 11) is 1.43. The molecule has 0 aliphatic carbocycles. The first-order valence-electron chi connectivity index (χ1n) is 12.4. The van der Waals surface area contributed by atoms with Crippen molar-refractivity contribution in [3.8, 4) is 17.2 Å². The minimum absolute atomic E-state index is 0.00310. The Morgan fingerprint density at radius 2 is 1.81 bits per heavy atom. The summed E-state index contributed by atoms with van der Waals surface area (Å²) < 4.78 is 16.5. The molecule has 37 heavy (non-hydrogen) atoms. The number of phenolic OH excluding ortho intramolecular Hbond substituents is 1. The van der Waals surface area contributed by atoms with Gasteiger partial charge in [-0.05, 0) is 62.2 Å². The van der Waals surface area contributed by atoms with Crippen LogP contribution >= 0.6 is 0 Å². The topological polar surface area (TPSA) is 109 Å². The number of aromatic hydroxyl groups is 1. The second kappa shape index (κ2) is 11.2. The molecule has 0 radical (unpaired) electrons. The molecule has 2 heterocycles. The Morgan fingerprint density at radius 1 is 1.08 bits per heavy atom. The molecule has 0 bridgehead atoms. The summed E-state index contributed by atoms with van der Waals surface area (Å²) in [6, 6.07) is 9.00. The number of aliphatic hydroxyl groups excluding tert-OH is 1. The maximum Gasteiger partial charge on any atom is 0.295 e. The lowest BCUT2D eigenvalue weighted by atomic mass is 9.94. The highest BCUT2D eigenvalue weighted by Crippen LogP contribution is 2.42. The Balaban J connectivity index is 1.76.